The van der Waals surface area contributed by atoms with Crippen molar-refractivity contribution in [2.45, 2.75) is 42.4 Å². The van der Waals surface area contributed by atoms with Crippen molar-refractivity contribution in [3.05, 3.63) is 60.4 Å². The van der Waals surface area contributed by atoms with Gasteiger partial charge < -0.3 is 10.2 Å². The van der Waals surface area contributed by atoms with Crippen molar-refractivity contribution in [1.82, 2.24) is 4.90 Å². The lowest BCUT2D eigenvalue weighted by atomic mass is 10.0. The SMILES string of the molecule is CC(CC(=O)N1CCC(Nc2ccccc2)CC1)S(=O)(=O)c1ccc(F)cc1. The van der Waals surface area contributed by atoms with E-state index in [1.807, 2.05) is 30.3 Å². The maximum Gasteiger partial charge on any atom is 0.223 e. The lowest BCUT2D eigenvalue weighted by Crippen LogP contribution is -2.43. The topological polar surface area (TPSA) is 66.5 Å². The molecule has 0 spiro atoms. The summed E-state index contributed by atoms with van der Waals surface area (Å²) in [6.07, 6.45) is 1.57. The van der Waals surface area contributed by atoms with E-state index in [1.54, 1.807) is 4.90 Å². The summed E-state index contributed by atoms with van der Waals surface area (Å²) in [5, 5.41) is 2.61. The predicted molar refractivity (Wildman–Crippen MR) is 107 cm³/mol. The van der Waals surface area contributed by atoms with Crippen LogP contribution in [0.3, 0.4) is 0 Å². The highest BCUT2D eigenvalue weighted by molar-refractivity contribution is 7.92. The fraction of sp³-hybridized carbons (Fsp3) is 0.381. The summed E-state index contributed by atoms with van der Waals surface area (Å²) in [6.45, 7) is 2.74. The monoisotopic (exact) mass is 404 g/mol. The van der Waals surface area contributed by atoms with Gasteiger partial charge in [-0.15, -0.1) is 0 Å². The van der Waals surface area contributed by atoms with Gasteiger partial charge in [0.15, 0.2) is 9.84 Å². The Morgan fingerprint density at radius 3 is 2.32 bits per heavy atom. The first-order valence-corrected chi connectivity index (χ1v) is 11.0. The molecule has 1 atom stereocenters. The number of nitrogens with one attached hydrogen (secondary N) is 1. The molecule has 0 radical (unpaired) electrons. The van der Waals surface area contributed by atoms with Crippen molar-refractivity contribution in [2.75, 3.05) is 18.4 Å². The van der Waals surface area contributed by atoms with Crippen molar-refractivity contribution in [3.8, 4) is 0 Å². The first-order chi connectivity index (χ1) is 13.4. The molecular weight excluding hydrogens is 379 g/mol. The smallest absolute Gasteiger partial charge is 0.223 e. The molecule has 1 N–H and O–H groups in total. The van der Waals surface area contributed by atoms with Crippen LogP contribution in [0.15, 0.2) is 59.5 Å². The molecule has 28 heavy (non-hydrogen) atoms. The zero-order chi connectivity index (χ0) is 20.1. The minimum atomic E-state index is -3.67. The Balaban J connectivity index is 1.53. The number of nitrogens with zero attached hydrogens (tertiary/aromatic N) is 1. The lowest BCUT2D eigenvalue weighted by molar-refractivity contribution is -0.132. The number of halogens is 1. The van der Waals surface area contributed by atoms with E-state index in [0.29, 0.717) is 19.1 Å². The van der Waals surface area contributed by atoms with Gasteiger partial charge in [0.1, 0.15) is 5.82 Å². The maximum atomic E-state index is 13.0. The average Bonchev–Trinajstić information content (AvgIpc) is 2.69. The van der Waals surface area contributed by atoms with Crippen LogP contribution in [0.4, 0.5) is 10.1 Å². The van der Waals surface area contributed by atoms with E-state index in [-0.39, 0.29) is 17.2 Å². The Morgan fingerprint density at radius 2 is 1.71 bits per heavy atom. The predicted octanol–water partition coefficient (Wildman–Crippen LogP) is 3.48. The number of hydrogen-bond acceptors (Lipinski definition) is 4. The van der Waals surface area contributed by atoms with Crippen LogP contribution in [0.2, 0.25) is 0 Å². The molecule has 0 aromatic heterocycles. The highest BCUT2D eigenvalue weighted by Crippen LogP contribution is 2.21. The summed E-state index contributed by atoms with van der Waals surface area (Å²) in [4.78, 5) is 14.4. The van der Waals surface area contributed by atoms with Crippen LogP contribution < -0.4 is 5.32 Å². The van der Waals surface area contributed by atoms with E-state index in [4.69, 9.17) is 0 Å². The second kappa shape index (κ2) is 8.73. The molecule has 2 aromatic rings. The Kier molecular flexibility index (Phi) is 6.34. The number of hydrogen-bond donors (Lipinski definition) is 1. The molecule has 1 unspecified atom stereocenters. The number of sulfone groups is 1. The highest BCUT2D eigenvalue weighted by atomic mass is 32.2. The van der Waals surface area contributed by atoms with Crippen LogP contribution in [0.1, 0.15) is 26.2 Å². The van der Waals surface area contributed by atoms with Crippen molar-refractivity contribution in [3.63, 3.8) is 0 Å². The third-order valence-corrected chi connectivity index (χ3v) is 7.28. The Labute approximate surface area is 165 Å². The summed E-state index contributed by atoms with van der Waals surface area (Å²) in [5.41, 5.74) is 1.06. The summed E-state index contributed by atoms with van der Waals surface area (Å²) in [6, 6.07) is 15.0. The molecule has 1 heterocycles. The van der Waals surface area contributed by atoms with Gasteiger partial charge in [-0.05, 0) is 56.2 Å². The minimum absolute atomic E-state index is 0.0416. The fourth-order valence-electron chi connectivity index (χ4n) is 3.38. The van der Waals surface area contributed by atoms with E-state index in [9.17, 15) is 17.6 Å². The van der Waals surface area contributed by atoms with Crippen LogP contribution in [0, 0.1) is 5.82 Å². The van der Waals surface area contributed by atoms with E-state index < -0.39 is 20.9 Å². The van der Waals surface area contributed by atoms with Gasteiger partial charge in [0.05, 0.1) is 10.1 Å². The highest BCUT2D eigenvalue weighted by Gasteiger charge is 2.29. The molecule has 1 fully saturated rings. The van der Waals surface area contributed by atoms with E-state index in [1.165, 1.54) is 19.1 Å². The number of rotatable bonds is 6. The zero-order valence-electron chi connectivity index (χ0n) is 15.8. The van der Waals surface area contributed by atoms with Crippen molar-refractivity contribution in [1.29, 1.82) is 0 Å². The van der Waals surface area contributed by atoms with Gasteiger partial charge in [0.25, 0.3) is 0 Å². The number of likely N-dealkylation sites (tertiary alicyclic amines) is 1. The van der Waals surface area contributed by atoms with Crippen molar-refractivity contribution < 1.29 is 17.6 Å². The number of anilines is 1. The lowest BCUT2D eigenvalue weighted by Gasteiger charge is -2.33. The van der Waals surface area contributed by atoms with Gasteiger partial charge in [-0.25, -0.2) is 12.8 Å². The zero-order valence-corrected chi connectivity index (χ0v) is 16.7. The van der Waals surface area contributed by atoms with Gasteiger partial charge in [-0.3, -0.25) is 4.79 Å². The third kappa shape index (κ3) is 4.90. The minimum Gasteiger partial charge on any atom is -0.382 e. The van der Waals surface area contributed by atoms with Crippen molar-refractivity contribution >= 4 is 21.4 Å². The van der Waals surface area contributed by atoms with Crippen LogP contribution in [0.5, 0.6) is 0 Å². The molecule has 1 saturated heterocycles. The van der Waals surface area contributed by atoms with E-state index in [0.717, 1.165) is 30.7 Å². The van der Waals surface area contributed by atoms with E-state index in [2.05, 4.69) is 5.32 Å². The summed E-state index contributed by atoms with van der Waals surface area (Å²) in [7, 11) is -3.67. The Morgan fingerprint density at radius 1 is 1.11 bits per heavy atom. The molecule has 0 bridgehead atoms. The van der Waals surface area contributed by atoms with E-state index >= 15 is 0 Å². The maximum absolute atomic E-state index is 13.0. The first kappa shape index (κ1) is 20.3. The third-order valence-electron chi connectivity index (χ3n) is 5.13. The number of piperidine rings is 1. The van der Waals surface area contributed by atoms with Crippen LogP contribution >= 0.6 is 0 Å². The quantitative estimate of drug-likeness (QED) is 0.749. The van der Waals surface area contributed by atoms with Crippen molar-refractivity contribution in [2.24, 2.45) is 0 Å². The van der Waals surface area contributed by atoms with Crippen LogP contribution in [-0.2, 0) is 14.6 Å². The van der Waals surface area contributed by atoms with Gasteiger partial charge in [-0.1, -0.05) is 18.2 Å². The number of carbonyl (C=O) groups is 1. The average molecular weight is 405 g/mol. The first-order valence-electron chi connectivity index (χ1n) is 9.45. The molecule has 5 nitrogen and oxygen atoms in total. The molecule has 2 aromatic carbocycles. The Hall–Kier alpha value is -2.41. The van der Waals surface area contributed by atoms with Gasteiger partial charge in [-0.2, -0.15) is 0 Å². The number of para-hydroxylation sites is 1. The number of benzene rings is 2. The van der Waals surface area contributed by atoms with Crippen LogP contribution in [-0.4, -0.2) is 43.6 Å². The van der Waals surface area contributed by atoms with Gasteiger partial charge in [0, 0.05) is 31.2 Å². The van der Waals surface area contributed by atoms with Crippen LogP contribution in [0.25, 0.3) is 0 Å². The molecule has 150 valence electrons. The summed E-state index contributed by atoms with van der Waals surface area (Å²) < 4.78 is 38.3. The molecular formula is C21H25FN2O3S. The molecule has 0 aliphatic carbocycles. The number of carbonyl (C=O) groups excluding carboxylic acids is 1. The molecule has 1 aliphatic heterocycles. The summed E-state index contributed by atoms with van der Waals surface area (Å²) in [5.74, 6) is -0.647. The normalized spacial score (nSPS) is 16.6. The molecule has 7 heteroatoms. The molecule has 3 rings (SSSR count). The van der Waals surface area contributed by atoms with Gasteiger partial charge in [0.2, 0.25) is 5.91 Å². The summed E-state index contributed by atoms with van der Waals surface area (Å²) >= 11 is 0. The van der Waals surface area contributed by atoms with Gasteiger partial charge >= 0.3 is 0 Å². The standard InChI is InChI=1S/C21H25FN2O3S/c1-16(28(26,27)20-9-7-17(22)8-10-20)15-21(25)24-13-11-19(12-14-24)23-18-5-3-2-4-6-18/h2-10,16,19,23H,11-15H2,1H3. The number of amides is 1. The Bertz CT molecular complexity index is 893. The molecule has 1 aliphatic rings. The molecule has 0 saturated carbocycles. The fourth-order valence-corrected chi connectivity index (χ4v) is 4.73. The second-order valence-electron chi connectivity index (χ2n) is 7.18. The molecule has 1 amide bonds. The second-order valence-corrected chi connectivity index (χ2v) is 9.55. The largest absolute Gasteiger partial charge is 0.382 e.